The molecule has 5 nitrogen and oxygen atoms in total. The molecule has 1 amide bonds. The van der Waals surface area contributed by atoms with Gasteiger partial charge < -0.3 is 10.1 Å². The van der Waals surface area contributed by atoms with Gasteiger partial charge in [0, 0.05) is 13.7 Å². The Balaban J connectivity index is 2.36. The van der Waals surface area contributed by atoms with Crippen LogP contribution in [0.5, 0.6) is 0 Å². The molecule has 0 saturated carbocycles. The van der Waals surface area contributed by atoms with Crippen LogP contribution in [0.25, 0.3) is 0 Å². The zero-order valence-corrected chi connectivity index (χ0v) is 10.7. The first-order valence-corrected chi connectivity index (χ1v) is 6.15. The Morgan fingerprint density at radius 1 is 1.41 bits per heavy atom. The van der Waals surface area contributed by atoms with E-state index in [9.17, 15) is 9.59 Å². The van der Waals surface area contributed by atoms with Crippen LogP contribution in [0.2, 0.25) is 0 Å². The van der Waals surface area contributed by atoms with Gasteiger partial charge in [-0.3, -0.25) is 14.5 Å². The first-order chi connectivity index (χ1) is 8.15. The molecule has 0 aromatic rings. The summed E-state index contributed by atoms with van der Waals surface area (Å²) in [5, 5.41) is 2.77. The molecule has 0 bridgehead atoms. The van der Waals surface area contributed by atoms with E-state index in [-0.39, 0.29) is 17.7 Å². The van der Waals surface area contributed by atoms with Crippen molar-refractivity contribution in [2.45, 2.75) is 32.2 Å². The fraction of sp³-hybridized carbons (Fsp3) is 0.833. The molecule has 1 atom stereocenters. The average molecular weight is 242 g/mol. The van der Waals surface area contributed by atoms with Crippen LogP contribution in [-0.2, 0) is 14.3 Å². The number of ketones is 1. The summed E-state index contributed by atoms with van der Waals surface area (Å²) in [4.78, 5) is 25.1. The van der Waals surface area contributed by atoms with E-state index in [4.69, 9.17) is 4.74 Å². The average Bonchev–Trinajstić information content (AvgIpc) is 2.29. The summed E-state index contributed by atoms with van der Waals surface area (Å²) in [7, 11) is 1.60. The van der Waals surface area contributed by atoms with E-state index in [1.54, 1.807) is 14.0 Å². The highest BCUT2D eigenvalue weighted by Gasteiger charge is 2.27. The van der Waals surface area contributed by atoms with Crippen molar-refractivity contribution >= 4 is 11.7 Å². The Kier molecular flexibility index (Phi) is 6.15. The number of nitrogens with zero attached hydrogens (tertiary/aromatic N) is 1. The lowest BCUT2D eigenvalue weighted by molar-refractivity contribution is -0.127. The number of carbonyl (C=O) groups is 2. The molecular weight excluding hydrogens is 220 g/mol. The SMILES string of the molecule is COCCNC(=O)CN1CCCCC1C(C)=O. The van der Waals surface area contributed by atoms with E-state index in [1.165, 1.54) is 0 Å². The second-order valence-corrected chi connectivity index (χ2v) is 4.44. The Hall–Kier alpha value is -0.940. The fourth-order valence-corrected chi connectivity index (χ4v) is 2.17. The Morgan fingerprint density at radius 3 is 2.82 bits per heavy atom. The Morgan fingerprint density at radius 2 is 2.18 bits per heavy atom. The van der Waals surface area contributed by atoms with Crippen LogP contribution < -0.4 is 5.32 Å². The molecule has 17 heavy (non-hydrogen) atoms. The van der Waals surface area contributed by atoms with Gasteiger partial charge in [-0.15, -0.1) is 0 Å². The predicted molar refractivity (Wildman–Crippen MR) is 64.8 cm³/mol. The maximum absolute atomic E-state index is 11.6. The number of nitrogens with one attached hydrogen (secondary N) is 1. The van der Waals surface area contributed by atoms with Crippen molar-refractivity contribution in [3.05, 3.63) is 0 Å². The molecule has 1 fully saturated rings. The number of amides is 1. The fourth-order valence-electron chi connectivity index (χ4n) is 2.17. The Bertz CT molecular complexity index is 268. The van der Waals surface area contributed by atoms with Gasteiger partial charge in [0.1, 0.15) is 5.78 Å². The van der Waals surface area contributed by atoms with Crippen LogP contribution in [0.15, 0.2) is 0 Å². The third kappa shape index (κ3) is 4.83. The van der Waals surface area contributed by atoms with Gasteiger partial charge in [-0.2, -0.15) is 0 Å². The van der Waals surface area contributed by atoms with Crippen molar-refractivity contribution in [2.24, 2.45) is 0 Å². The predicted octanol–water partition coefficient (Wildman–Crippen LogP) is 0.193. The van der Waals surface area contributed by atoms with E-state index in [1.807, 2.05) is 4.90 Å². The molecule has 98 valence electrons. The number of piperidine rings is 1. The van der Waals surface area contributed by atoms with Gasteiger partial charge in [-0.05, 0) is 26.3 Å². The summed E-state index contributed by atoms with van der Waals surface area (Å²) < 4.78 is 4.86. The summed E-state index contributed by atoms with van der Waals surface area (Å²) in [5.74, 6) is 0.129. The number of hydrogen-bond donors (Lipinski definition) is 1. The number of carbonyl (C=O) groups excluding carboxylic acids is 2. The second-order valence-electron chi connectivity index (χ2n) is 4.44. The van der Waals surface area contributed by atoms with Crippen LogP contribution in [0.3, 0.4) is 0 Å². The third-order valence-electron chi connectivity index (χ3n) is 3.06. The quantitative estimate of drug-likeness (QED) is 0.676. The molecule has 1 saturated heterocycles. The van der Waals surface area contributed by atoms with Crippen molar-refractivity contribution in [3.8, 4) is 0 Å². The standard InChI is InChI=1S/C12H22N2O3/c1-10(15)11-5-3-4-7-14(11)9-12(16)13-6-8-17-2/h11H,3-9H2,1-2H3,(H,13,16). The lowest BCUT2D eigenvalue weighted by Crippen LogP contribution is -2.48. The summed E-state index contributed by atoms with van der Waals surface area (Å²) in [6.45, 7) is 3.79. The van der Waals surface area contributed by atoms with Gasteiger partial charge in [-0.25, -0.2) is 0 Å². The molecule has 0 radical (unpaired) electrons. The van der Waals surface area contributed by atoms with Crippen molar-refractivity contribution in [2.75, 3.05) is 33.4 Å². The molecular formula is C12H22N2O3. The maximum Gasteiger partial charge on any atom is 0.234 e. The summed E-state index contributed by atoms with van der Waals surface area (Å²) in [5.41, 5.74) is 0. The first kappa shape index (κ1) is 14.1. The van der Waals surface area contributed by atoms with Gasteiger partial charge in [-0.1, -0.05) is 6.42 Å². The third-order valence-corrected chi connectivity index (χ3v) is 3.06. The van der Waals surface area contributed by atoms with Gasteiger partial charge >= 0.3 is 0 Å². The smallest absolute Gasteiger partial charge is 0.234 e. The number of hydrogen-bond acceptors (Lipinski definition) is 4. The first-order valence-electron chi connectivity index (χ1n) is 6.15. The topological polar surface area (TPSA) is 58.6 Å². The summed E-state index contributed by atoms with van der Waals surface area (Å²) in [6.07, 6.45) is 3.02. The van der Waals surface area contributed by atoms with Crippen LogP contribution in [0, 0.1) is 0 Å². The van der Waals surface area contributed by atoms with Crippen LogP contribution in [-0.4, -0.2) is 56.0 Å². The van der Waals surface area contributed by atoms with E-state index in [2.05, 4.69) is 5.32 Å². The highest BCUT2D eigenvalue weighted by atomic mass is 16.5. The van der Waals surface area contributed by atoms with Crippen molar-refractivity contribution < 1.29 is 14.3 Å². The largest absolute Gasteiger partial charge is 0.383 e. The molecule has 0 spiro atoms. The lowest BCUT2D eigenvalue weighted by atomic mass is 9.99. The molecule has 0 aromatic carbocycles. The van der Waals surface area contributed by atoms with E-state index < -0.39 is 0 Å². The second kappa shape index (κ2) is 7.40. The van der Waals surface area contributed by atoms with Crippen LogP contribution in [0.4, 0.5) is 0 Å². The molecule has 1 aliphatic rings. The molecule has 1 unspecified atom stereocenters. The lowest BCUT2D eigenvalue weighted by Gasteiger charge is -2.33. The maximum atomic E-state index is 11.6. The monoisotopic (exact) mass is 242 g/mol. The van der Waals surface area contributed by atoms with Crippen molar-refractivity contribution in [1.82, 2.24) is 10.2 Å². The number of Topliss-reactive ketones (excluding diaryl/α,β-unsaturated/α-hetero) is 1. The van der Waals surface area contributed by atoms with Crippen LogP contribution >= 0.6 is 0 Å². The number of ether oxygens (including phenoxy) is 1. The minimum Gasteiger partial charge on any atom is -0.383 e. The normalized spacial score (nSPS) is 21.2. The zero-order valence-electron chi connectivity index (χ0n) is 10.7. The Labute approximate surface area is 102 Å². The molecule has 1 heterocycles. The van der Waals surface area contributed by atoms with Gasteiger partial charge in [0.25, 0.3) is 0 Å². The van der Waals surface area contributed by atoms with E-state index in [0.29, 0.717) is 19.7 Å². The van der Waals surface area contributed by atoms with Gasteiger partial charge in [0.2, 0.25) is 5.91 Å². The molecule has 0 aromatic heterocycles. The summed E-state index contributed by atoms with van der Waals surface area (Å²) >= 11 is 0. The zero-order chi connectivity index (χ0) is 12.7. The van der Waals surface area contributed by atoms with Gasteiger partial charge in [0.05, 0.1) is 19.2 Å². The number of rotatable bonds is 6. The van der Waals surface area contributed by atoms with Crippen molar-refractivity contribution in [3.63, 3.8) is 0 Å². The van der Waals surface area contributed by atoms with Crippen molar-refractivity contribution in [1.29, 1.82) is 0 Å². The van der Waals surface area contributed by atoms with E-state index in [0.717, 1.165) is 25.8 Å². The highest BCUT2D eigenvalue weighted by molar-refractivity contribution is 5.83. The molecule has 0 aliphatic carbocycles. The molecule has 1 N–H and O–H groups in total. The van der Waals surface area contributed by atoms with Gasteiger partial charge in [0.15, 0.2) is 0 Å². The van der Waals surface area contributed by atoms with E-state index >= 15 is 0 Å². The minimum atomic E-state index is -0.0723. The number of likely N-dealkylation sites (tertiary alicyclic amines) is 1. The van der Waals surface area contributed by atoms with Crippen LogP contribution in [0.1, 0.15) is 26.2 Å². The summed E-state index contributed by atoms with van der Waals surface area (Å²) in [6, 6.07) is -0.0723. The molecule has 1 aliphatic heterocycles. The highest BCUT2D eigenvalue weighted by Crippen LogP contribution is 2.17. The number of methoxy groups -OCH3 is 1. The molecule has 5 heteroatoms. The minimum absolute atomic E-state index is 0.0322. The molecule has 1 rings (SSSR count).